The van der Waals surface area contributed by atoms with Crippen LogP contribution in [0.5, 0.6) is 0 Å². The van der Waals surface area contributed by atoms with Crippen LogP contribution >= 0.6 is 0 Å². The van der Waals surface area contributed by atoms with Crippen molar-refractivity contribution in [2.75, 3.05) is 13.2 Å². The smallest absolute Gasteiger partial charge is 0.434 e. The van der Waals surface area contributed by atoms with Crippen LogP contribution in [0.1, 0.15) is 26.7 Å². The van der Waals surface area contributed by atoms with Crippen LogP contribution in [0, 0.1) is 5.41 Å². The lowest BCUT2D eigenvalue weighted by molar-refractivity contribution is -0.0628. The molecule has 64 valence electrons. The Morgan fingerprint density at radius 3 is 2.09 bits per heavy atom. The molecule has 0 bridgehead atoms. The minimum absolute atomic E-state index is 0.0773. The molecule has 0 aliphatic carbocycles. The van der Waals surface area contributed by atoms with E-state index in [9.17, 15) is 4.79 Å². The van der Waals surface area contributed by atoms with Crippen molar-refractivity contribution >= 4 is 6.16 Å². The molecule has 1 rings (SSSR count). The number of hydrogen-bond acceptors (Lipinski definition) is 3. The van der Waals surface area contributed by atoms with Crippen LogP contribution in [0.3, 0.4) is 0 Å². The van der Waals surface area contributed by atoms with Gasteiger partial charge in [-0.05, 0) is 12.8 Å². The number of carbonyl (C=O) groups excluding carboxylic acids is 1. The van der Waals surface area contributed by atoms with Gasteiger partial charge in [-0.3, -0.25) is 0 Å². The Balaban J connectivity index is 2.52. The highest BCUT2D eigenvalue weighted by Crippen LogP contribution is 2.30. The summed E-state index contributed by atoms with van der Waals surface area (Å²) < 4.78 is 9.63. The lowest BCUT2D eigenvalue weighted by Gasteiger charge is -2.33. The van der Waals surface area contributed by atoms with E-state index in [0.717, 1.165) is 12.8 Å². The van der Waals surface area contributed by atoms with Crippen molar-refractivity contribution in [3.05, 3.63) is 0 Å². The average Bonchev–Trinajstić information content (AvgIpc) is 2.07. The van der Waals surface area contributed by atoms with Gasteiger partial charge >= 0.3 is 6.16 Å². The summed E-state index contributed by atoms with van der Waals surface area (Å²) in [7, 11) is 0. The first-order valence-electron chi connectivity index (χ1n) is 4.02. The van der Waals surface area contributed by atoms with Crippen LogP contribution < -0.4 is 0 Å². The van der Waals surface area contributed by atoms with Crippen LogP contribution in [0.2, 0.25) is 0 Å². The fourth-order valence-electron chi connectivity index (χ4n) is 1.17. The van der Waals surface area contributed by atoms with Gasteiger partial charge < -0.3 is 9.47 Å². The minimum Gasteiger partial charge on any atom is -0.434 e. The van der Waals surface area contributed by atoms with E-state index in [1.807, 2.05) is 0 Å². The van der Waals surface area contributed by atoms with Crippen LogP contribution in [-0.4, -0.2) is 19.4 Å². The first-order valence-corrected chi connectivity index (χ1v) is 4.02. The standard InChI is InChI=1S/C8H14O3/c1-3-8(4-2)5-10-7(9)11-6-8/h3-6H2,1-2H3. The van der Waals surface area contributed by atoms with Crippen LogP contribution in [0.4, 0.5) is 4.79 Å². The van der Waals surface area contributed by atoms with E-state index < -0.39 is 6.16 Å². The van der Waals surface area contributed by atoms with E-state index in [2.05, 4.69) is 13.8 Å². The first kappa shape index (κ1) is 8.37. The van der Waals surface area contributed by atoms with Gasteiger partial charge in [-0.1, -0.05) is 13.8 Å². The lowest BCUT2D eigenvalue weighted by Crippen LogP contribution is -2.38. The third-order valence-electron chi connectivity index (χ3n) is 2.49. The van der Waals surface area contributed by atoms with Crippen molar-refractivity contribution in [2.24, 2.45) is 5.41 Å². The molecule has 0 aromatic heterocycles. The third kappa shape index (κ3) is 1.64. The number of cyclic esters (lactones) is 2. The molecule has 1 fully saturated rings. The summed E-state index contributed by atoms with van der Waals surface area (Å²) in [4.78, 5) is 10.5. The van der Waals surface area contributed by atoms with Gasteiger partial charge in [0.05, 0.1) is 0 Å². The zero-order valence-electron chi connectivity index (χ0n) is 7.05. The van der Waals surface area contributed by atoms with Crippen molar-refractivity contribution in [3.8, 4) is 0 Å². The van der Waals surface area contributed by atoms with E-state index in [-0.39, 0.29) is 5.41 Å². The van der Waals surface area contributed by atoms with E-state index in [4.69, 9.17) is 9.47 Å². The molecule has 0 unspecified atom stereocenters. The zero-order valence-corrected chi connectivity index (χ0v) is 7.05. The summed E-state index contributed by atoms with van der Waals surface area (Å²) in [6, 6.07) is 0. The molecular formula is C8H14O3. The molecule has 0 radical (unpaired) electrons. The molecule has 0 aromatic rings. The van der Waals surface area contributed by atoms with Crippen LogP contribution in [0.15, 0.2) is 0 Å². The number of rotatable bonds is 2. The second-order valence-electron chi connectivity index (χ2n) is 3.03. The Morgan fingerprint density at radius 1 is 1.27 bits per heavy atom. The number of ether oxygens (including phenoxy) is 2. The van der Waals surface area contributed by atoms with Crippen LogP contribution in [0.25, 0.3) is 0 Å². The van der Waals surface area contributed by atoms with Gasteiger partial charge in [0.2, 0.25) is 0 Å². The predicted molar refractivity (Wildman–Crippen MR) is 40.3 cm³/mol. The second-order valence-corrected chi connectivity index (χ2v) is 3.03. The highest BCUT2D eigenvalue weighted by atomic mass is 16.7. The highest BCUT2D eigenvalue weighted by molar-refractivity contribution is 5.60. The molecule has 0 spiro atoms. The first-order chi connectivity index (χ1) is 5.22. The van der Waals surface area contributed by atoms with Gasteiger partial charge in [-0.15, -0.1) is 0 Å². The normalized spacial score (nSPS) is 22.2. The number of hydrogen-bond donors (Lipinski definition) is 0. The molecule has 0 saturated carbocycles. The van der Waals surface area contributed by atoms with Gasteiger partial charge in [-0.2, -0.15) is 0 Å². The molecule has 11 heavy (non-hydrogen) atoms. The maximum atomic E-state index is 10.5. The quantitative estimate of drug-likeness (QED) is 0.576. The summed E-state index contributed by atoms with van der Waals surface area (Å²) in [5, 5.41) is 0. The molecule has 0 aromatic carbocycles. The molecule has 1 heterocycles. The van der Waals surface area contributed by atoms with Gasteiger partial charge in [0.1, 0.15) is 13.2 Å². The van der Waals surface area contributed by atoms with Gasteiger partial charge in [0.25, 0.3) is 0 Å². The van der Waals surface area contributed by atoms with Crippen molar-refractivity contribution in [1.82, 2.24) is 0 Å². The van der Waals surface area contributed by atoms with Crippen molar-refractivity contribution in [3.63, 3.8) is 0 Å². The van der Waals surface area contributed by atoms with Gasteiger partial charge in [-0.25, -0.2) is 4.79 Å². The lowest BCUT2D eigenvalue weighted by atomic mass is 9.84. The molecule has 3 nitrogen and oxygen atoms in total. The van der Waals surface area contributed by atoms with Gasteiger partial charge in [0.15, 0.2) is 0 Å². The summed E-state index contributed by atoms with van der Waals surface area (Å²) >= 11 is 0. The Hall–Kier alpha value is -0.730. The average molecular weight is 158 g/mol. The SMILES string of the molecule is CCC1(CC)COC(=O)OC1. The highest BCUT2D eigenvalue weighted by Gasteiger charge is 2.34. The Morgan fingerprint density at radius 2 is 1.73 bits per heavy atom. The predicted octanol–water partition coefficient (Wildman–Crippen LogP) is 1.96. The monoisotopic (exact) mass is 158 g/mol. The fourth-order valence-corrected chi connectivity index (χ4v) is 1.17. The van der Waals surface area contributed by atoms with E-state index >= 15 is 0 Å². The third-order valence-corrected chi connectivity index (χ3v) is 2.49. The van der Waals surface area contributed by atoms with Crippen LogP contribution in [-0.2, 0) is 9.47 Å². The maximum Gasteiger partial charge on any atom is 0.508 e. The van der Waals surface area contributed by atoms with Crippen molar-refractivity contribution in [1.29, 1.82) is 0 Å². The molecule has 0 amide bonds. The molecular weight excluding hydrogens is 144 g/mol. The summed E-state index contributed by atoms with van der Waals surface area (Å²) in [5.74, 6) is 0. The molecule has 3 heteroatoms. The van der Waals surface area contributed by atoms with Gasteiger partial charge in [0, 0.05) is 5.41 Å². The van der Waals surface area contributed by atoms with Crippen molar-refractivity contribution < 1.29 is 14.3 Å². The Labute approximate surface area is 66.7 Å². The molecule has 0 atom stereocenters. The van der Waals surface area contributed by atoms with E-state index in [1.165, 1.54) is 0 Å². The number of carbonyl (C=O) groups is 1. The summed E-state index contributed by atoms with van der Waals surface area (Å²) in [6.07, 6.45) is 1.47. The Bertz CT molecular complexity index is 137. The van der Waals surface area contributed by atoms with E-state index in [1.54, 1.807) is 0 Å². The maximum absolute atomic E-state index is 10.5. The van der Waals surface area contributed by atoms with E-state index in [0.29, 0.717) is 13.2 Å². The zero-order chi connectivity index (χ0) is 8.32. The molecule has 0 N–H and O–H groups in total. The second kappa shape index (κ2) is 3.11. The molecule has 1 aliphatic heterocycles. The topological polar surface area (TPSA) is 35.5 Å². The summed E-state index contributed by atoms with van der Waals surface area (Å²) in [6.45, 7) is 5.20. The molecule has 1 saturated heterocycles. The van der Waals surface area contributed by atoms with Crippen molar-refractivity contribution in [2.45, 2.75) is 26.7 Å². The summed E-state index contributed by atoms with van der Waals surface area (Å²) in [5.41, 5.74) is 0.0773. The molecule has 1 aliphatic rings. The Kier molecular flexibility index (Phi) is 2.37. The minimum atomic E-state index is -0.525. The largest absolute Gasteiger partial charge is 0.508 e. The fraction of sp³-hybridized carbons (Fsp3) is 0.875.